The summed E-state index contributed by atoms with van der Waals surface area (Å²) in [7, 11) is 0. The summed E-state index contributed by atoms with van der Waals surface area (Å²) in [6.07, 6.45) is 6.40. The van der Waals surface area contributed by atoms with Crippen LogP contribution in [0.25, 0.3) is 5.82 Å². The maximum Gasteiger partial charge on any atom is 0.261 e. The van der Waals surface area contributed by atoms with Crippen LogP contribution in [0, 0.1) is 0 Å². The van der Waals surface area contributed by atoms with E-state index in [4.69, 9.17) is 4.42 Å². The van der Waals surface area contributed by atoms with Crippen molar-refractivity contribution in [3.63, 3.8) is 0 Å². The normalized spacial score (nSPS) is 12.8. The number of benzene rings is 1. The first-order valence-corrected chi connectivity index (χ1v) is 9.41. The first kappa shape index (κ1) is 18.5. The molecule has 1 aromatic carbocycles. The van der Waals surface area contributed by atoms with E-state index in [1.54, 1.807) is 48.9 Å². The van der Waals surface area contributed by atoms with Gasteiger partial charge in [-0.25, -0.2) is 9.67 Å². The number of nitrogens with one attached hydrogen (secondary N) is 1. The monoisotopic (exact) mass is 413 g/mol. The molecule has 3 amide bonds. The van der Waals surface area contributed by atoms with Crippen molar-refractivity contribution in [1.29, 1.82) is 0 Å². The molecule has 0 saturated heterocycles. The fourth-order valence-corrected chi connectivity index (χ4v) is 3.40. The van der Waals surface area contributed by atoms with Gasteiger partial charge < -0.3 is 9.73 Å². The van der Waals surface area contributed by atoms with Gasteiger partial charge in [0.2, 0.25) is 0 Å². The summed E-state index contributed by atoms with van der Waals surface area (Å²) < 4.78 is 6.77. The second-order valence-corrected chi connectivity index (χ2v) is 6.82. The van der Waals surface area contributed by atoms with E-state index in [0.717, 1.165) is 4.90 Å². The Balaban J connectivity index is 1.40. The predicted molar refractivity (Wildman–Crippen MR) is 109 cm³/mol. The van der Waals surface area contributed by atoms with E-state index < -0.39 is 17.7 Å². The van der Waals surface area contributed by atoms with Crippen LogP contribution in [0.4, 0.5) is 5.69 Å². The summed E-state index contributed by atoms with van der Waals surface area (Å²) in [4.78, 5) is 43.6. The molecule has 1 N–H and O–H groups in total. The van der Waals surface area contributed by atoms with Gasteiger partial charge in [0.1, 0.15) is 5.76 Å². The van der Waals surface area contributed by atoms with Gasteiger partial charge in [0, 0.05) is 24.2 Å². The maximum atomic E-state index is 12.9. The van der Waals surface area contributed by atoms with E-state index in [2.05, 4.69) is 15.4 Å². The van der Waals surface area contributed by atoms with E-state index in [1.807, 2.05) is 0 Å². The molecular formula is C22H15N5O4. The van der Waals surface area contributed by atoms with Crippen molar-refractivity contribution in [3.8, 4) is 5.82 Å². The van der Waals surface area contributed by atoms with Crippen molar-refractivity contribution in [2.45, 2.75) is 6.54 Å². The molecule has 9 nitrogen and oxygen atoms in total. The van der Waals surface area contributed by atoms with Crippen molar-refractivity contribution >= 4 is 23.4 Å². The van der Waals surface area contributed by atoms with E-state index in [0.29, 0.717) is 17.3 Å². The molecule has 1 aliphatic heterocycles. The molecule has 0 atom stereocenters. The number of pyridine rings is 1. The van der Waals surface area contributed by atoms with Gasteiger partial charge in [-0.15, -0.1) is 0 Å². The van der Waals surface area contributed by atoms with Crippen LogP contribution in [0.3, 0.4) is 0 Å². The van der Waals surface area contributed by atoms with Crippen LogP contribution in [0.5, 0.6) is 0 Å². The van der Waals surface area contributed by atoms with Gasteiger partial charge in [0.15, 0.2) is 5.82 Å². The third-order valence-corrected chi connectivity index (χ3v) is 4.88. The molecule has 4 aromatic rings. The number of furan rings is 1. The van der Waals surface area contributed by atoms with Crippen molar-refractivity contribution in [1.82, 2.24) is 19.7 Å². The quantitative estimate of drug-likeness (QED) is 0.504. The zero-order valence-electron chi connectivity index (χ0n) is 16.1. The molecule has 0 radical (unpaired) electrons. The Morgan fingerprint density at radius 2 is 1.87 bits per heavy atom. The fraction of sp³-hybridized carbons (Fsp3) is 0.0455. The molecule has 31 heavy (non-hydrogen) atoms. The van der Waals surface area contributed by atoms with E-state index >= 15 is 0 Å². The van der Waals surface area contributed by atoms with E-state index in [1.165, 1.54) is 29.1 Å². The number of carbonyl (C=O) groups excluding carboxylic acids is 3. The molecule has 0 spiro atoms. The average Bonchev–Trinajstić information content (AvgIpc) is 3.54. The maximum absolute atomic E-state index is 12.9. The van der Waals surface area contributed by atoms with E-state index in [-0.39, 0.29) is 23.2 Å². The number of fused-ring (bicyclic) bond motifs is 1. The van der Waals surface area contributed by atoms with E-state index in [9.17, 15) is 14.4 Å². The van der Waals surface area contributed by atoms with Crippen LogP contribution >= 0.6 is 0 Å². The van der Waals surface area contributed by atoms with Gasteiger partial charge in [-0.3, -0.25) is 19.3 Å². The minimum atomic E-state index is -0.468. The lowest BCUT2D eigenvalue weighted by Gasteiger charge is -2.11. The minimum absolute atomic E-state index is 0.0315. The van der Waals surface area contributed by atoms with Crippen LogP contribution in [0.2, 0.25) is 0 Å². The van der Waals surface area contributed by atoms with Crippen LogP contribution in [0.1, 0.15) is 36.8 Å². The molecule has 0 fully saturated rings. The Hall–Kier alpha value is -4.53. The summed E-state index contributed by atoms with van der Waals surface area (Å²) >= 11 is 0. The van der Waals surface area contributed by atoms with Crippen LogP contribution < -0.4 is 5.32 Å². The number of anilines is 1. The number of aromatic nitrogens is 3. The number of carbonyl (C=O) groups is 3. The highest BCUT2D eigenvalue weighted by Crippen LogP contribution is 2.26. The SMILES string of the molecule is O=C(Nc1cccnc1-n1cccn1)c1ccc2c(c1)C(=O)N(Cc1ccco1)C2=O. The highest BCUT2D eigenvalue weighted by molar-refractivity contribution is 6.22. The summed E-state index contributed by atoms with van der Waals surface area (Å²) in [5, 5.41) is 6.93. The minimum Gasteiger partial charge on any atom is -0.467 e. The number of imide groups is 1. The number of rotatable bonds is 5. The summed E-state index contributed by atoms with van der Waals surface area (Å²) in [6, 6.07) is 13.0. The summed E-state index contributed by atoms with van der Waals surface area (Å²) in [6.45, 7) is 0.0315. The van der Waals surface area contributed by atoms with Gasteiger partial charge >= 0.3 is 0 Å². The third kappa shape index (κ3) is 3.27. The van der Waals surface area contributed by atoms with Gasteiger partial charge in [-0.2, -0.15) is 5.10 Å². The number of hydrogen-bond acceptors (Lipinski definition) is 6. The molecule has 1 aliphatic rings. The Morgan fingerprint density at radius 1 is 1.00 bits per heavy atom. The second kappa shape index (κ2) is 7.38. The average molecular weight is 413 g/mol. The third-order valence-electron chi connectivity index (χ3n) is 4.88. The van der Waals surface area contributed by atoms with Gasteiger partial charge in [-0.1, -0.05) is 0 Å². The molecule has 0 unspecified atom stereocenters. The first-order chi connectivity index (χ1) is 15.1. The predicted octanol–water partition coefficient (Wildman–Crippen LogP) is 2.91. The first-order valence-electron chi connectivity index (χ1n) is 9.41. The molecule has 0 bridgehead atoms. The molecule has 5 rings (SSSR count). The van der Waals surface area contributed by atoms with Crippen LogP contribution in [-0.2, 0) is 6.54 Å². The molecule has 152 valence electrons. The second-order valence-electron chi connectivity index (χ2n) is 6.82. The summed E-state index contributed by atoms with van der Waals surface area (Å²) in [5.74, 6) is -0.372. The van der Waals surface area contributed by atoms with Crippen molar-refractivity contribution in [2.75, 3.05) is 5.32 Å². The lowest BCUT2D eigenvalue weighted by Crippen LogP contribution is -2.28. The number of nitrogens with zero attached hydrogens (tertiary/aromatic N) is 4. The van der Waals surface area contributed by atoms with Crippen molar-refractivity contribution in [3.05, 3.63) is 95.8 Å². The highest BCUT2D eigenvalue weighted by atomic mass is 16.3. The van der Waals surface area contributed by atoms with Crippen molar-refractivity contribution in [2.24, 2.45) is 0 Å². The molecule has 0 saturated carbocycles. The lowest BCUT2D eigenvalue weighted by molar-refractivity contribution is 0.0631. The fourth-order valence-electron chi connectivity index (χ4n) is 3.40. The van der Waals surface area contributed by atoms with Crippen LogP contribution in [-0.4, -0.2) is 37.4 Å². The van der Waals surface area contributed by atoms with Gasteiger partial charge in [-0.05, 0) is 48.5 Å². The molecule has 9 heteroatoms. The Kier molecular flexibility index (Phi) is 4.40. The molecular weight excluding hydrogens is 398 g/mol. The largest absolute Gasteiger partial charge is 0.467 e. The molecule has 3 aromatic heterocycles. The molecule has 4 heterocycles. The van der Waals surface area contributed by atoms with Gasteiger partial charge in [0.25, 0.3) is 17.7 Å². The van der Waals surface area contributed by atoms with Crippen LogP contribution in [0.15, 0.2) is 77.8 Å². The van der Waals surface area contributed by atoms with Gasteiger partial charge in [0.05, 0.1) is 29.6 Å². The standard InChI is InChI=1S/C22H15N5O4/c28-20(25-18-5-1-8-23-19(18)27-10-3-9-24-27)14-6-7-16-17(12-14)22(30)26(21(16)29)13-15-4-2-11-31-15/h1-12H,13H2,(H,25,28). The Morgan fingerprint density at radius 3 is 2.65 bits per heavy atom. The molecule has 0 aliphatic carbocycles. The summed E-state index contributed by atoms with van der Waals surface area (Å²) in [5.41, 5.74) is 1.14. The topological polar surface area (TPSA) is 110 Å². The Labute approximate surface area is 175 Å². The smallest absolute Gasteiger partial charge is 0.261 e. The number of hydrogen-bond donors (Lipinski definition) is 1. The highest BCUT2D eigenvalue weighted by Gasteiger charge is 2.36. The van der Waals surface area contributed by atoms with Crippen molar-refractivity contribution < 1.29 is 18.8 Å². The zero-order valence-corrected chi connectivity index (χ0v) is 16.1. The Bertz CT molecular complexity index is 1300. The number of amides is 3. The zero-order chi connectivity index (χ0) is 21.4. The lowest BCUT2D eigenvalue weighted by atomic mass is 10.1.